The van der Waals surface area contributed by atoms with Gasteiger partial charge in [-0.05, 0) is 11.1 Å². The van der Waals surface area contributed by atoms with Crippen LogP contribution in [0.1, 0.15) is 11.1 Å². The van der Waals surface area contributed by atoms with Gasteiger partial charge < -0.3 is 23.4 Å². The van der Waals surface area contributed by atoms with Crippen molar-refractivity contribution in [3.8, 4) is 28.6 Å². The molecule has 0 radical (unpaired) electrons. The van der Waals surface area contributed by atoms with Crippen LogP contribution < -0.4 is 19.6 Å². The molecule has 0 saturated carbocycles. The van der Waals surface area contributed by atoms with E-state index in [-0.39, 0.29) is 30.5 Å². The first kappa shape index (κ1) is 23.8. The van der Waals surface area contributed by atoms with Gasteiger partial charge in [0.1, 0.15) is 48.4 Å². The SMILES string of the molecule is O=c1c(OCc2ccccc2)c(-c2ccccc2)oc2cc(OCC3CO3)cc(OCc3ccccc3)c12. The Balaban J connectivity index is 1.46. The zero-order chi connectivity index (χ0) is 25.7. The van der Waals surface area contributed by atoms with Crippen molar-refractivity contribution in [3.63, 3.8) is 0 Å². The normalized spacial score (nSPS) is 14.3. The molecule has 1 fully saturated rings. The summed E-state index contributed by atoms with van der Waals surface area (Å²) in [5.74, 6) is 1.40. The third-order valence-electron chi connectivity index (χ3n) is 6.23. The van der Waals surface area contributed by atoms with Crippen LogP contribution in [0.15, 0.2) is 112 Å². The Morgan fingerprint density at radius 2 is 1.34 bits per heavy atom. The van der Waals surface area contributed by atoms with Gasteiger partial charge in [-0.3, -0.25) is 4.79 Å². The molecule has 0 N–H and O–H groups in total. The van der Waals surface area contributed by atoms with Crippen molar-refractivity contribution in [2.75, 3.05) is 13.2 Å². The van der Waals surface area contributed by atoms with Crippen molar-refractivity contribution >= 4 is 11.0 Å². The lowest BCUT2D eigenvalue weighted by atomic mass is 10.1. The quantitative estimate of drug-likeness (QED) is 0.204. The molecule has 1 aromatic heterocycles. The highest BCUT2D eigenvalue weighted by atomic mass is 16.6. The van der Waals surface area contributed by atoms with Gasteiger partial charge in [-0.2, -0.15) is 0 Å². The number of ether oxygens (including phenoxy) is 4. The zero-order valence-electron chi connectivity index (χ0n) is 20.7. The van der Waals surface area contributed by atoms with E-state index in [1.807, 2.05) is 91.0 Å². The predicted molar refractivity (Wildman–Crippen MR) is 145 cm³/mol. The molecule has 0 amide bonds. The van der Waals surface area contributed by atoms with E-state index in [1.54, 1.807) is 12.1 Å². The van der Waals surface area contributed by atoms with Gasteiger partial charge in [-0.25, -0.2) is 0 Å². The molecule has 0 spiro atoms. The molecule has 1 atom stereocenters. The first-order chi connectivity index (χ1) is 18.7. The van der Waals surface area contributed by atoms with Crippen LogP contribution in [-0.2, 0) is 18.0 Å². The molecule has 38 heavy (non-hydrogen) atoms. The van der Waals surface area contributed by atoms with Gasteiger partial charge >= 0.3 is 0 Å². The van der Waals surface area contributed by atoms with Crippen molar-refractivity contribution in [2.24, 2.45) is 0 Å². The lowest BCUT2D eigenvalue weighted by molar-refractivity contribution is 0.259. The van der Waals surface area contributed by atoms with E-state index >= 15 is 0 Å². The van der Waals surface area contributed by atoms with E-state index in [4.69, 9.17) is 23.4 Å². The minimum Gasteiger partial charge on any atom is -0.491 e. The summed E-state index contributed by atoms with van der Waals surface area (Å²) >= 11 is 0. The molecule has 4 aromatic carbocycles. The fraction of sp³-hybridized carbons (Fsp3) is 0.156. The van der Waals surface area contributed by atoms with Crippen LogP contribution in [0.25, 0.3) is 22.3 Å². The summed E-state index contributed by atoms with van der Waals surface area (Å²) in [7, 11) is 0. The lowest BCUT2D eigenvalue weighted by Gasteiger charge is -2.15. The molecule has 6 rings (SSSR count). The number of hydrogen-bond donors (Lipinski definition) is 0. The second-order valence-electron chi connectivity index (χ2n) is 9.06. The minimum absolute atomic E-state index is 0.0834. The Labute approximate surface area is 220 Å². The zero-order valence-corrected chi connectivity index (χ0v) is 20.7. The summed E-state index contributed by atoms with van der Waals surface area (Å²) in [5, 5.41) is 0.304. The summed E-state index contributed by atoms with van der Waals surface area (Å²) in [6.07, 6.45) is 0.0834. The van der Waals surface area contributed by atoms with E-state index in [1.165, 1.54) is 0 Å². The van der Waals surface area contributed by atoms with E-state index < -0.39 is 0 Å². The summed E-state index contributed by atoms with van der Waals surface area (Å²) < 4.78 is 30.0. The highest BCUT2D eigenvalue weighted by Crippen LogP contribution is 2.37. The predicted octanol–water partition coefficient (Wildman–Crippen LogP) is 6.40. The molecule has 5 aromatic rings. The van der Waals surface area contributed by atoms with Gasteiger partial charge in [0.05, 0.1) is 6.61 Å². The van der Waals surface area contributed by atoms with Crippen molar-refractivity contribution < 1.29 is 23.4 Å². The largest absolute Gasteiger partial charge is 0.491 e. The molecule has 0 bridgehead atoms. The van der Waals surface area contributed by atoms with Crippen LogP contribution in [0.2, 0.25) is 0 Å². The molecular weight excluding hydrogens is 480 g/mol. The van der Waals surface area contributed by atoms with Crippen LogP contribution in [-0.4, -0.2) is 19.3 Å². The molecule has 1 aliphatic heterocycles. The standard InChI is InChI=1S/C32H26O6/c33-30-29-27(36-18-22-10-4-1-5-11-22)16-25(34-20-26-21-35-26)17-28(29)38-31(24-14-8-3-9-15-24)32(30)37-19-23-12-6-2-7-13-23/h1-17,26H,18-21H2. The topological polar surface area (TPSA) is 70.4 Å². The Kier molecular flexibility index (Phi) is 6.79. The maximum atomic E-state index is 14.0. The Hall–Kier alpha value is -4.55. The molecular formula is C32H26O6. The van der Waals surface area contributed by atoms with Crippen molar-refractivity contribution in [2.45, 2.75) is 19.3 Å². The molecule has 6 nitrogen and oxygen atoms in total. The number of benzene rings is 4. The van der Waals surface area contributed by atoms with E-state index in [0.717, 1.165) is 16.7 Å². The van der Waals surface area contributed by atoms with E-state index in [9.17, 15) is 4.79 Å². The summed E-state index contributed by atoms with van der Waals surface area (Å²) in [5.41, 5.74) is 2.71. The van der Waals surface area contributed by atoms with Crippen LogP contribution in [0.5, 0.6) is 17.2 Å². The van der Waals surface area contributed by atoms with Gasteiger partial charge in [0.25, 0.3) is 0 Å². The van der Waals surface area contributed by atoms with Crippen LogP contribution in [0.4, 0.5) is 0 Å². The minimum atomic E-state index is -0.304. The maximum absolute atomic E-state index is 14.0. The summed E-state index contributed by atoms with van der Waals surface area (Å²) in [6, 6.07) is 32.4. The number of fused-ring (bicyclic) bond motifs is 1. The van der Waals surface area contributed by atoms with Gasteiger partial charge in [0.15, 0.2) is 5.76 Å². The average molecular weight is 507 g/mol. The molecule has 190 valence electrons. The smallest absolute Gasteiger partial charge is 0.239 e. The summed E-state index contributed by atoms with van der Waals surface area (Å²) in [6.45, 7) is 1.60. The first-order valence-corrected chi connectivity index (χ1v) is 12.5. The summed E-state index contributed by atoms with van der Waals surface area (Å²) in [4.78, 5) is 14.0. The Morgan fingerprint density at radius 1 is 0.737 bits per heavy atom. The molecule has 2 heterocycles. The van der Waals surface area contributed by atoms with Gasteiger partial charge in [-0.1, -0.05) is 91.0 Å². The van der Waals surface area contributed by atoms with Crippen molar-refractivity contribution in [3.05, 3.63) is 124 Å². The molecule has 6 heteroatoms. The van der Waals surface area contributed by atoms with E-state index in [0.29, 0.717) is 41.4 Å². The fourth-order valence-corrected chi connectivity index (χ4v) is 4.17. The van der Waals surface area contributed by atoms with Crippen LogP contribution in [0.3, 0.4) is 0 Å². The molecule has 0 aliphatic carbocycles. The molecule has 1 aliphatic rings. The third kappa shape index (κ3) is 5.41. The number of rotatable bonds is 10. The average Bonchev–Trinajstić information content (AvgIpc) is 3.80. The van der Waals surface area contributed by atoms with Gasteiger partial charge in [0.2, 0.25) is 11.2 Å². The van der Waals surface area contributed by atoms with Crippen molar-refractivity contribution in [1.82, 2.24) is 0 Å². The first-order valence-electron chi connectivity index (χ1n) is 12.5. The van der Waals surface area contributed by atoms with E-state index in [2.05, 4.69) is 0 Å². The highest BCUT2D eigenvalue weighted by Gasteiger charge is 2.25. The second-order valence-corrected chi connectivity index (χ2v) is 9.06. The van der Waals surface area contributed by atoms with Crippen LogP contribution >= 0.6 is 0 Å². The third-order valence-corrected chi connectivity index (χ3v) is 6.23. The molecule has 1 saturated heterocycles. The Morgan fingerprint density at radius 3 is 1.97 bits per heavy atom. The maximum Gasteiger partial charge on any atom is 0.239 e. The molecule has 1 unspecified atom stereocenters. The van der Waals surface area contributed by atoms with Crippen molar-refractivity contribution in [1.29, 1.82) is 0 Å². The monoisotopic (exact) mass is 506 g/mol. The fourth-order valence-electron chi connectivity index (χ4n) is 4.17. The van der Waals surface area contributed by atoms with Gasteiger partial charge in [0, 0.05) is 17.7 Å². The van der Waals surface area contributed by atoms with Gasteiger partial charge in [-0.15, -0.1) is 0 Å². The van der Waals surface area contributed by atoms with Crippen LogP contribution in [0, 0.1) is 0 Å². The Bertz CT molecular complexity index is 1580. The number of hydrogen-bond acceptors (Lipinski definition) is 6. The number of epoxide rings is 1. The highest BCUT2D eigenvalue weighted by molar-refractivity contribution is 5.88. The lowest BCUT2D eigenvalue weighted by Crippen LogP contribution is -2.12. The second kappa shape index (κ2) is 10.8.